The van der Waals surface area contributed by atoms with E-state index in [9.17, 15) is 28.8 Å². The zero-order valence-electron chi connectivity index (χ0n) is 32.0. The van der Waals surface area contributed by atoms with E-state index in [1.165, 1.54) is 20.3 Å². The van der Waals surface area contributed by atoms with Gasteiger partial charge in [0.15, 0.2) is 22.9 Å². The molecular weight excluding hydrogens is 932 g/mol. The SMILES string of the molecule is CC(=O)NCC(=O)NCC(=O)Nc1ccc2nnc(-c3ccccn3)n2c1.CC(=O)NCC(=O)NCC(=O)Nc1ccc2nnc(-c3ccccn3)n2c1.CCC.[Pt]. The minimum absolute atomic E-state index is 0. The van der Waals surface area contributed by atoms with Crippen LogP contribution in [0.25, 0.3) is 34.3 Å². The van der Waals surface area contributed by atoms with E-state index in [1.54, 1.807) is 70.0 Å². The van der Waals surface area contributed by atoms with Gasteiger partial charge in [-0.05, 0) is 48.5 Å². The molecule has 0 saturated heterocycles. The molecule has 0 bridgehead atoms. The Morgan fingerprint density at radius 3 is 1.24 bits per heavy atom. The van der Waals surface area contributed by atoms with Crippen molar-refractivity contribution in [1.82, 2.24) is 60.4 Å². The molecule has 6 rings (SSSR count). The van der Waals surface area contributed by atoms with Gasteiger partial charge in [0.1, 0.15) is 11.4 Å². The molecule has 6 N–H and O–H groups in total. The molecule has 0 saturated carbocycles. The Morgan fingerprint density at radius 2 is 0.897 bits per heavy atom. The molecular formula is C37H42N14O6Pt. The fourth-order valence-corrected chi connectivity index (χ4v) is 4.57. The fourth-order valence-electron chi connectivity index (χ4n) is 4.57. The molecule has 0 aliphatic heterocycles. The number of nitrogens with zero attached hydrogens (tertiary/aromatic N) is 8. The summed E-state index contributed by atoms with van der Waals surface area (Å²) >= 11 is 0. The van der Waals surface area contributed by atoms with Crippen molar-refractivity contribution in [1.29, 1.82) is 0 Å². The zero-order valence-corrected chi connectivity index (χ0v) is 34.2. The predicted octanol–water partition coefficient (Wildman–Crippen LogP) is 1.38. The van der Waals surface area contributed by atoms with Gasteiger partial charge in [-0.25, -0.2) is 0 Å². The molecule has 21 heteroatoms. The van der Waals surface area contributed by atoms with Crippen molar-refractivity contribution in [3.8, 4) is 23.0 Å². The Kier molecular flexibility index (Phi) is 18.2. The van der Waals surface area contributed by atoms with Crippen LogP contribution in [0.1, 0.15) is 34.1 Å². The molecule has 306 valence electrons. The van der Waals surface area contributed by atoms with Crippen molar-refractivity contribution in [2.75, 3.05) is 36.8 Å². The van der Waals surface area contributed by atoms with Crippen LogP contribution in [0.4, 0.5) is 11.4 Å². The number of nitrogens with one attached hydrogen (secondary N) is 6. The summed E-state index contributed by atoms with van der Waals surface area (Å²) in [6.45, 7) is 6.07. The smallest absolute Gasteiger partial charge is 0.243 e. The third-order valence-corrected chi connectivity index (χ3v) is 7.05. The number of anilines is 2. The van der Waals surface area contributed by atoms with Crippen LogP contribution in [0.2, 0.25) is 0 Å². The zero-order chi connectivity index (χ0) is 41.2. The topological polar surface area (TPSA) is 261 Å². The van der Waals surface area contributed by atoms with Gasteiger partial charge in [-0.2, -0.15) is 0 Å². The van der Waals surface area contributed by atoms with Crippen LogP contribution in [0.5, 0.6) is 0 Å². The van der Waals surface area contributed by atoms with E-state index in [0.717, 1.165) is 0 Å². The summed E-state index contributed by atoms with van der Waals surface area (Å²) < 4.78 is 3.43. The second-order valence-corrected chi connectivity index (χ2v) is 11.9. The number of amides is 6. The van der Waals surface area contributed by atoms with E-state index in [1.807, 2.05) is 24.3 Å². The quantitative estimate of drug-likeness (QED) is 0.102. The summed E-state index contributed by atoms with van der Waals surface area (Å²) in [5, 5.41) is 31.3. The first-order chi connectivity index (χ1) is 27.5. The number of hydrogen-bond acceptors (Lipinski definition) is 12. The monoisotopic (exact) mass is 973 g/mol. The first-order valence-electron chi connectivity index (χ1n) is 17.6. The third kappa shape index (κ3) is 14.3. The van der Waals surface area contributed by atoms with Crippen molar-refractivity contribution < 1.29 is 49.8 Å². The van der Waals surface area contributed by atoms with E-state index < -0.39 is 23.6 Å². The van der Waals surface area contributed by atoms with Crippen LogP contribution in [0.3, 0.4) is 0 Å². The maximum atomic E-state index is 12.0. The van der Waals surface area contributed by atoms with Gasteiger partial charge in [0.2, 0.25) is 35.4 Å². The van der Waals surface area contributed by atoms with Crippen LogP contribution >= 0.6 is 0 Å². The van der Waals surface area contributed by atoms with Crippen LogP contribution < -0.4 is 31.9 Å². The molecule has 0 radical (unpaired) electrons. The summed E-state index contributed by atoms with van der Waals surface area (Å²) in [4.78, 5) is 77.1. The molecule has 0 spiro atoms. The molecule has 0 aromatic carbocycles. The van der Waals surface area contributed by atoms with Crippen LogP contribution in [-0.2, 0) is 49.8 Å². The van der Waals surface area contributed by atoms with Gasteiger partial charge < -0.3 is 31.9 Å². The summed E-state index contributed by atoms with van der Waals surface area (Å²) in [6, 6.07) is 17.7. The van der Waals surface area contributed by atoms with Gasteiger partial charge in [0.25, 0.3) is 0 Å². The number of hydrogen-bond donors (Lipinski definition) is 6. The largest absolute Gasteiger partial charge is 0.347 e. The van der Waals surface area contributed by atoms with Gasteiger partial charge in [-0.3, -0.25) is 47.5 Å². The summed E-state index contributed by atoms with van der Waals surface area (Å²) in [7, 11) is 0. The van der Waals surface area contributed by atoms with Crippen molar-refractivity contribution >= 4 is 58.1 Å². The minimum atomic E-state index is -0.452. The van der Waals surface area contributed by atoms with E-state index in [0.29, 0.717) is 45.7 Å². The van der Waals surface area contributed by atoms with Crippen molar-refractivity contribution in [3.05, 3.63) is 85.5 Å². The molecule has 58 heavy (non-hydrogen) atoms. The molecule has 6 heterocycles. The molecule has 20 nitrogen and oxygen atoms in total. The molecule has 0 aliphatic carbocycles. The summed E-state index contributed by atoms with van der Waals surface area (Å²) in [5.41, 5.74) is 3.55. The van der Waals surface area contributed by atoms with Gasteiger partial charge in [0.05, 0.1) is 37.6 Å². The number of rotatable bonds is 12. The van der Waals surface area contributed by atoms with Crippen LogP contribution in [-0.4, -0.2) is 101 Å². The molecule has 6 amide bonds. The standard InChI is InChI=1S/2C17H17N7O3.C3H8.Pt/c2*1-11(25)19-8-15(26)20-9-16(27)21-12-5-6-14-22-23-17(24(14)10-12)13-4-2-3-7-18-13;1-3-2;/h2*2-7,10H,8-9H2,1H3,(H,19,25)(H,20,26)(H,21,27);3H2,1-2H3;. The van der Waals surface area contributed by atoms with Crippen LogP contribution in [0, 0.1) is 0 Å². The Labute approximate surface area is 346 Å². The molecule has 0 fully saturated rings. The number of aromatic nitrogens is 8. The minimum Gasteiger partial charge on any atom is -0.347 e. The second-order valence-electron chi connectivity index (χ2n) is 11.9. The van der Waals surface area contributed by atoms with Gasteiger partial charge in [-0.15, -0.1) is 20.4 Å². The van der Waals surface area contributed by atoms with Gasteiger partial charge in [0, 0.05) is 59.7 Å². The normalized spacial score (nSPS) is 10.0. The number of carbonyl (C=O) groups excluding carboxylic acids is 6. The first-order valence-corrected chi connectivity index (χ1v) is 17.6. The Balaban J connectivity index is 0.000000286. The maximum absolute atomic E-state index is 12.0. The Morgan fingerprint density at radius 1 is 0.517 bits per heavy atom. The summed E-state index contributed by atoms with van der Waals surface area (Å²) in [6.07, 6.45) is 7.92. The van der Waals surface area contributed by atoms with E-state index in [2.05, 4.69) is 76.1 Å². The fraction of sp³-hybridized carbons (Fsp3) is 0.243. The molecule has 6 aromatic rings. The Hall–Kier alpha value is -6.95. The van der Waals surface area contributed by atoms with Crippen LogP contribution in [0.15, 0.2) is 85.5 Å². The number of carbonyl (C=O) groups is 6. The molecule has 0 aliphatic rings. The molecule has 0 atom stereocenters. The second kappa shape index (κ2) is 23.2. The predicted molar refractivity (Wildman–Crippen MR) is 209 cm³/mol. The van der Waals surface area contributed by atoms with Gasteiger partial charge >= 0.3 is 0 Å². The van der Waals surface area contributed by atoms with Crippen molar-refractivity contribution in [2.24, 2.45) is 0 Å². The average molecular weight is 974 g/mol. The summed E-state index contributed by atoms with van der Waals surface area (Å²) in [5.74, 6) is -1.26. The number of fused-ring (bicyclic) bond motifs is 2. The maximum Gasteiger partial charge on any atom is 0.243 e. The molecule has 6 aromatic heterocycles. The average Bonchev–Trinajstić information content (AvgIpc) is 3.83. The van der Waals surface area contributed by atoms with E-state index >= 15 is 0 Å². The van der Waals surface area contributed by atoms with Gasteiger partial charge in [-0.1, -0.05) is 32.4 Å². The van der Waals surface area contributed by atoms with E-state index in [-0.39, 0.29) is 59.1 Å². The Bertz CT molecular complexity index is 2160. The first kappa shape index (κ1) is 45.4. The molecule has 0 unspecified atom stereocenters. The van der Waals surface area contributed by atoms with Crippen molar-refractivity contribution in [3.63, 3.8) is 0 Å². The number of pyridine rings is 4. The van der Waals surface area contributed by atoms with E-state index in [4.69, 9.17) is 0 Å². The van der Waals surface area contributed by atoms with Crippen molar-refractivity contribution in [2.45, 2.75) is 34.1 Å². The third-order valence-electron chi connectivity index (χ3n) is 7.05.